The normalized spacial score (nSPS) is 24.3. The fourth-order valence-corrected chi connectivity index (χ4v) is 2.68. The zero-order chi connectivity index (χ0) is 11.7. The largest absolute Gasteiger partial charge is 0.381 e. The van der Waals surface area contributed by atoms with Gasteiger partial charge in [0.2, 0.25) is 0 Å². The Morgan fingerprint density at radius 2 is 2.00 bits per heavy atom. The van der Waals surface area contributed by atoms with Gasteiger partial charge in [0.1, 0.15) is 0 Å². The van der Waals surface area contributed by atoms with Crippen molar-refractivity contribution in [3.8, 4) is 0 Å². The van der Waals surface area contributed by atoms with Crippen LogP contribution in [0.2, 0.25) is 0 Å². The molecule has 88 valence electrons. The summed E-state index contributed by atoms with van der Waals surface area (Å²) < 4.78 is 1.21. The van der Waals surface area contributed by atoms with Crippen molar-refractivity contribution in [2.75, 3.05) is 5.32 Å². The van der Waals surface area contributed by atoms with E-state index in [9.17, 15) is 0 Å². The van der Waals surface area contributed by atoms with E-state index in [-0.39, 0.29) is 0 Å². The number of hydrogen-bond acceptors (Lipinski definition) is 1. The lowest BCUT2D eigenvalue weighted by Crippen LogP contribution is -2.37. The summed E-state index contributed by atoms with van der Waals surface area (Å²) in [4.78, 5) is 0. The lowest BCUT2D eigenvalue weighted by atomic mass is 9.73. The molecule has 0 aromatic heterocycles. The third kappa shape index (κ3) is 2.42. The molecule has 1 saturated carbocycles. The highest BCUT2D eigenvalue weighted by Gasteiger charge is 2.31. The van der Waals surface area contributed by atoms with E-state index in [2.05, 4.69) is 60.2 Å². The molecular formula is C14H20BrN. The average Bonchev–Trinajstić information content (AvgIpc) is 2.16. The van der Waals surface area contributed by atoms with E-state index < -0.39 is 0 Å². The molecule has 0 bridgehead atoms. The molecule has 2 rings (SSSR count). The van der Waals surface area contributed by atoms with Crippen LogP contribution in [-0.4, -0.2) is 6.04 Å². The van der Waals surface area contributed by atoms with Gasteiger partial charge in [-0.05, 0) is 59.2 Å². The highest BCUT2D eigenvalue weighted by atomic mass is 79.9. The predicted molar refractivity (Wildman–Crippen MR) is 73.9 cm³/mol. The molecule has 1 aliphatic rings. The molecule has 1 N–H and O–H groups in total. The minimum atomic E-state index is 0.672. The van der Waals surface area contributed by atoms with Crippen LogP contribution < -0.4 is 5.32 Å². The van der Waals surface area contributed by atoms with Crippen LogP contribution in [0, 0.1) is 18.8 Å². The number of aryl methyl sites for hydroxylation is 1. The van der Waals surface area contributed by atoms with Gasteiger partial charge < -0.3 is 5.32 Å². The number of nitrogens with one attached hydrogen (secondary N) is 1. The fraction of sp³-hybridized carbons (Fsp3) is 0.571. The van der Waals surface area contributed by atoms with E-state index >= 15 is 0 Å². The smallest absolute Gasteiger partial charge is 0.0489 e. The maximum absolute atomic E-state index is 3.64. The lowest BCUT2D eigenvalue weighted by Gasteiger charge is -2.39. The van der Waals surface area contributed by atoms with Crippen molar-refractivity contribution < 1.29 is 0 Å². The highest BCUT2D eigenvalue weighted by Crippen LogP contribution is 2.37. The van der Waals surface area contributed by atoms with Crippen molar-refractivity contribution >= 4 is 21.6 Å². The lowest BCUT2D eigenvalue weighted by molar-refractivity contribution is 0.212. The Kier molecular flexibility index (Phi) is 3.58. The Balaban J connectivity index is 1.94. The van der Waals surface area contributed by atoms with Crippen LogP contribution >= 0.6 is 15.9 Å². The van der Waals surface area contributed by atoms with E-state index in [1.54, 1.807) is 0 Å². The Morgan fingerprint density at radius 1 is 1.31 bits per heavy atom. The summed E-state index contributed by atoms with van der Waals surface area (Å²) in [5.74, 6) is 1.75. The molecule has 0 aliphatic heterocycles. The minimum Gasteiger partial charge on any atom is -0.381 e. The molecule has 0 saturated heterocycles. The molecule has 1 aliphatic carbocycles. The van der Waals surface area contributed by atoms with Crippen LogP contribution in [-0.2, 0) is 0 Å². The van der Waals surface area contributed by atoms with Gasteiger partial charge in [0, 0.05) is 16.2 Å². The monoisotopic (exact) mass is 281 g/mol. The minimum absolute atomic E-state index is 0.672. The first-order valence-corrected chi connectivity index (χ1v) is 6.89. The van der Waals surface area contributed by atoms with E-state index in [1.165, 1.54) is 28.6 Å². The summed E-state index contributed by atoms with van der Waals surface area (Å²) >= 11 is 3.64. The molecule has 0 heterocycles. The maximum atomic E-state index is 3.64. The summed E-state index contributed by atoms with van der Waals surface area (Å²) in [5.41, 5.74) is 2.54. The molecule has 16 heavy (non-hydrogen) atoms. The molecule has 0 spiro atoms. The first-order chi connectivity index (χ1) is 7.58. The van der Waals surface area contributed by atoms with Crippen molar-refractivity contribution in [2.45, 2.75) is 39.7 Å². The van der Waals surface area contributed by atoms with Gasteiger partial charge >= 0.3 is 0 Å². The summed E-state index contributed by atoms with van der Waals surface area (Å²) in [7, 11) is 0. The molecule has 1 aromatic carbocycles. The van der Waals surface area contributed by atoms with Gasteiger partial charge in [-0.2, -0.15) is 0 Å². The zero-order valence-corrected chi connectivity index (χ0v) is 11.8. The SMILES string of the molecule is Cc1cccc(NC2CC(C(C)C)C2)c1Br. The number of hydrogen-bond donors (Lipinski definition) is 1. The molecule has 1 aromatic rings. The molecule has 2 heteroatoms. The molecule has 0 radical (unpaired) electrons. The van der Waals surface area contributed by atoms with Gasteiger partial charge in [-0.1, -0.05) is 26.0 Å². The summed E-state index contributed by atoms with van der Waals surface area (Å²) in [6, 6.07) is 7.07. The zero-order valence-electron chi connectivity index (χ0n) is 10.3. The summed E-state index contributed by atoms with van der Waals surface area (Å²) in [5, 5.41) is 3.63. The fourth-order valence-electron chi connectivity index (χ4n) is 2.30. The number of anilines is 1. The van der Waals surface area contributed by atoms with Crippen LogP contribution in [0.4, 0.5) is 5.69 Å². The van der Waals surface area contributed by atoms with Crippen LogP contribution in [0.25, 0.3) is 0 Å². The van der Waals surface area contributed by atoms with E-state index in [4.69, 9.17) is 0 Å². The first kappa shape index (κ1) is 12.0. The Labute approximate surface area is 107 Å². The van der Waals surface area contributed by atoms with Gasteiger partial charge in [0.05, 0.1) is 0 Å². The van der Waals surface area contributed by atoms with Crippen molar-refractivity contribution in [1.82, 2.24) is 0 Å². The quantitative estimate of drug-likeness (QED) is 0.854. The van der Waals surface area contributed by atoms with E-state index in [0.29, 0.717) is 6.04 Å². The van der Waals surface area contributed by atoms with Gasteiger partial charge in [-0.3, -0.25) is 0 Å². The molecule has 0 atom stereocenters. The van der Waals surface area contributed by atoms with Crippen molar-refractivity contribution in [1.29, 1.82) is 0 Å². The number of benzene rings is 1. The van der Waals surface area contributed by atoms with E-state index in [1.807, 2.05) is 0 Å². The second-order valence-electron chi connectivity index (χ2n) is 5.25. The third-order valence-electron chi connectivity index (χ3n) is 3.67. The van der Waals surface area contributed by atoms with Gasteiger partial charge in [0.25, 0.3) is 0 Å². The predicted octanol–water partition coefficient (Wildman–Crippen LogP) is 4.60. The van der Waals surface area contributed by atoms with Gasteiger partial charge in [0.15, 0.2) is 0 Å². The molecule has 1 fully saturated rings. The average molecular weight is 282 g/mol. The first-order valence-electron chi connectivity index (χ1n) is 6.09. The molecule has 0 unspecified atom stereocenters. The summed E-state index contributed by atoms with van der Waals surface area (Å²) in [6.07, 6.45) is 2.64. The van der Waals surface area contributed by atoms with Gasteiger partial charge in [-0.25, -0.2) is 0 Å². The number of halogens is 1. The second kappa shape index (κ2) is 4.79. The Bertz CT molecular complexity index is 367. The molecule has 1 nitrogen and oxygen atoms in total. The van der Waals surface area contributed by atoms with Crippen LogP contribution in [0.3, 0.4) is 0 Å². The van der Waals surface area contributed by atoms with Crippen LogP contribution in [0.15, 0.2) is 22.7 Å². The van der Waals surface area contributed by atoms with Crippen LogP contribution in [0.1, 0.15) is 32.3 Å². The summed E-state index contributed by atoms with van der Waals surface area (Å²) in [6.45, 7) is 6.78. The Morgan fingerprint density at radius 3 is 2.62 bits per heavy atom. The third-order valence-corrected chi connectivity index (χ3v) is 4.72. The standard InChI is InChI=1S/C14H20BrN/c1-9(2)11-7-12(8-11)16-13-6-4-5-10(3)14(13)15/h4-6,9,11-12,16H,7-8H2,1-3H3. The molecular weight excluding hydrogens is 262 g/mol. The van der Waals surface area contributed by atoms with E-state index in [0.717, 1.165) is 11.8 Å². The van der Waals surface area contributed by atoms with Crippen LogP contribution in [0.5, 0.6) is 0 Å². The van der Waals surface area contributed by atoms with Gasteiger partial charge in [-0.15, -0.1) is 0 Å². The topological polar surface area (TPSA) is 12.0 Å². The molecule has 0 amide bonds. The van der Waals surface area contributed by atoms with Crippen molar-refractivity contribution in [2.24, 2.45) is 11.8 Å². The van der Waals surface area contributed by atoms with Crippen molar-refractivity contribution in [3.63, 3.8) is 0 Å². The Hall–Kier alpha value is -0.500. The maximum Gasteiger partial charge on any atom is 0.0489 e. The van der Waals surface area contributed by atoms with Crippen molar-refractivity contribution in [3.05, 3.63) is 28.2 Å². The number of rotatable bonds is 3. The highest BCUT2D eigenvalue weighted by molar-refractivity contribution is 9.10. The second-order valence-corrected chi connectivity index (χ2v) is 6.05.